The molecule has 1 aromatic heterocycles. The second-order valence-electron chi connectivity index (χ2n) is 10.6. The second kappa shape index (κ2) is 6.96. The van der Waals surface area contributed by atoms with E-state index in [1.54, 1.807) is 5.57 Å². The Balaban J connectivity index is 1.44. The highest BCUT2D eigenvalue weighted by molar-refractivity contribution is 5.73. The van der Waals surface area contributed by atoms with Crippen molar-refractivity contribution < 1.29 is 9.53 Å². The molecule has 1 saturated heterocycles. The van der Waals surface area contributed by atoms with Crippen LogP contribution in [-0.4, -0.2) is 17.6 Å². The van der Waals surface area contributed by atoms with E-state index in [4.69, 9.17) is 4.74 Å². The minimum Gasteiger partial charge on any atom is -0.465 e. The summed E-state index contributed by atoms with van der Waals surface area (Å²) in [6.07, 6.45) is 15.6. The summed E-state index contributed by atoms with van der Waals surface area (Å²) in [6.45, 7) is 7.87. The summed E-state index contributed by atoms with van der Waals surface area (Å²) < 4.78 is 5.56. The summed E-state index contributed by atoms with van der Waals surface area (Å²) in [6, 6.07) is 2.37. The fourth-order valence-corrected chi connectivity index (χ4v) is 7.68. The number of rotatable bonds is 2. The Bertz CT molecular complexity index is 845. The average molecular weight is 394 g/mol. The van der Waals surface area contributed by atoms with Gasteiger partial charge < -0.3 is 4.74 Å². The minimum absolute atomic E-state index is 0.0194. The Hall–Kier alpha value is -1.64. The smallest absolute Gasteiger partial charge is 0.305 e. The zero-order chi connectivity index (χ0) is 20.2. The largest absolute Gasteiger partial charge is 0.465 e. The van der Waals surface area contributed by atoms with E-state index in [9.17, 15) is 4.79 Å². The maximum atomic E-state index is 12.0. The maximum absolute atomic E-state index is 12.0. The van der Waals surface area contributed by atoms with E-state index in [2.05, 4.69) is 44.1 Å². The zero-order valence-corrected chi connectivity index (χ0v) is 18.2. The molecular weight excluding hydrogens is 358 g/mol. The number of carbonyl (C=O) groups is 1. The van der Waals surface area contributed by atoms with Crippen LogP contribution in [-0.2, 0) is 16.0 Å². The molecule has 3 nitrogen and oxygen atoms in total. The van der Waals surface area contributed by atoms with E-state index < -0.39 is 0 Å². The predicted molar refractivity (Wildman–Crippen MR) is 115 cm³/mol. The van der Waals surface area contributed by atoms with Gasteiger partial charge in [0.2, 0.25) is 0 Å². The molecule has 5 rings (SSSR count). The topological polar surface area (TPSA) is 39.2 Å². The number of hydrogen-bond acceptors (Lipinski definition) is 3. The molecule has 0 bridgehead atoms. The molecule has 4 aliphatic rings. The van der Waals surface area contributed by atoms with Crippen molar-refractivity contribution in [1.82, 2.24) is 4.98 Å². The number of hydrogen-bond donors (Lipinski definition) is 0. The summed E-state index contributed by atoms with van der Waals surface area (Å²) in [5, 5.41) is 0. The molecule has 29 heavy (non-hydrogen) atoms. The van der Waals surface area contributed by atoms with Gasteiger partial charge in [-0.05, 0) is 102 Å². The van der Waals surface area contributed by atoms with E-state index in [-0.39, 0.29) is 16.8 Å². The van der Waals surface area contributed by atoms with E-state index in [0.717, 1.165) is 30.6 Å². The summed E-state index contributed by atoms with van der Waals surface area (Å²) in [7, 11) is 0. The van der Waals surface area contributed by atoms with Crippen LogP contribution in [0.25, 0.3) is 5.57 Å². The van der Waals surface area contributed by atoms with Gasteiger partial charge in [0.25, 0.3) is 0 Å². The second-order valence-corrected chi connectivity index (χ2v) is 10.6. The number of ether oxygens (including phenoxy) is 1. The van der Waals surface area contributed by atoms with Crippen LogP contribution >= 0.6 is 0 Å². The van der Waals surface area contributed by atoms with Crippen LogP contribution in [0.2, 0.25) is 0 Å². The van der Waals surface area contributed by atoms with Gasteiger partial charge in [0.15, 0.2) is 0 Å². The van der Waals surface area contributed by atoms with Crippen molar-refractivity contribution in [1.29, 1.82) is 0 Å². The number of cyclic esters (lactones) is 1. The van der Waals surface area contributed by atoms with E-state index >= 15 is 0 Å². The summed E-state index contributed by atoms with van der Waals surface area (Å²) in [5.41, 5.74) is 4.77. The number of fused-ring (bicyclic) bond motifs is 5. The Morgan fingerprint density at radius 1 is 1.14 bits per heavy atom. The van der Waals surface area contributed by atoms with Gasteiger partial charge in [-0.15, -0.1) is 0 Å². The molecule has 0 N–H and O–H groups in total. The number of aryl methyl sites for hydroxylation is 1. The highest BCUT2D eigenvalue weighted by Crippen LogP contribution is 2.66. The first-order chi connectivity index (χ1) is 14.0. The summed E-state index contributed by atoms with van der Waals surface area (Å²) >= 11 is 0. The van der Waals surface area contributed by atoms with Crippen molar-refractivity contribution in [3.05, 3.63) is 35.7 Å². The normalized spacial score (nSPS) is 41.5. The number of aromatic nitrogens is 1. The van der Waals surface area contributed by atoms with Crippen molar-refractivity contribution in [2.45, 2.75) is 72.1 Å². The average Bonchev–Trinajstić information content (AvgIpc) is 3.01. The van der Waals surface area contributed by atoms with E-state index in [0.29, 0.717) is 18.9 Å². The molecule has 0 spiro atoms. The molecule has 0 aromatic carbocycles. The Morgan fingerprint density at radius 2 is 2.00 bits per heavy atom. The summed E-state index contributed by atoms with van der Waals surface area (Å²) in [5.74, 6) is 2.82. The van der Waals surface area contributed by atoms with Crippen LogP contribution in [0.3, 0.4) is 0 Å². The van der Waals surface area contributed by atoms with Gasteiger partial charge in [0.1, 0.15) is 0 Å². The van der Waals surface area contributed by atoms with Crippen molar-refractivity contribution in [2.75, 3.05) is 6.61 Å². The molecule has 2 saturated carbocycles. The predicted octanol–water partition coefficient (Wildman–Crippen LogP) is 5.83. The molecule has 3 heteroatoms. The van der Waals surface area contributed by atoms with Gasteiger partial charge >= 0.3 is 5.97 Å². The van der Waals surface area contributed by atoms with Crippen LogP contribution < -0.4 is 0 Å². The lowest BCUT2D eigenvalue weighted by molar-refractivity contribution is -0.144. The molecule has 1 aromatic rings. The number of pyridine rings is 1. The Labute approximate surface area is 175 Å². The molecule has 3 fully saturated rings. The monoisotopic (exact) mass is 393 g/mol. The Morgan fingerprint density at radius 3 is 2.83 bits per heavy atom. The SMILES string of the molecule is CCc1cncc(C2=CCC3C4CCC5COC(=O)CCC5(C)C4CCC23C)c1. The number of esters is 1. The van der Waals surface area contributed by atoms with Gasteiger partial charge in [-0.2, -0.15) is 0 Å². The van der Waals surface area contributed by atoms with Gasteiger partial charge in [-0.1, -0.05) is 26.8 Å². The van der Waals surface area contributed by atoms with Gasteiger partial charge in [0.05, 0.1) is 6.61 Å². The quantitative estimate of drug-likeness (QED) is 0.593. The lowest BCUT2D eigenvalue weighted by Gasteiger charge is -2.58. The minimum atomic E-state index is 0.0194. The fraction of sp³-hybridized carbons (Fsp3) is 0.692. The third-order valence-corrected chi connectivity index (χ3v) is 9.47. The van der Waals surface area contributed by atoms with Crippen molar-refractivity contribution in [3.8, 4) is 0 Å². The van der Waals surface area contributed by atoms with Crippen LogP contribution in [0.1, 0.15) is 76.8 Å². The molecule has 156 valence electrons. The first-order valence-corrected chi connectivity index (χ1v) is 11.8. The molecule has 6 unspecified atom stereocenters. The van der Waals surface area contributed by atoms with E-state index in [1.807, 2.05) is 6.20 Å². The lowest BCUT2D eigenvalue weighted by Crippen LogP contribution is -2.51. The van der Waals surface area contributed by atoms with Gasteiger partial charge in [0, 0.05) is 18.8 Å². The van der Waals surface area contributed by atoms with Crippen LogP contribution in [0.4, 0.5) is 0 Å². The third-order valence-electron chi connectivity index (χ3n) is 9.47. The van der Waals surface area contributed by atoms with Crippen molar-refractivity contribution in [2.24, 2.45) is 34.5 Å². The first kappa shape index (κ1) is 19.3. The Kier molecular flexibility index (Phi) is 4.64. The standard InChI is InChI=1S/C26H35NO2/c1-4-17-13-18(15-27-14-17)21-7-8-22-20-6-5-19-16-29-24(28)10-12-25(19,2)23(20)9-11-26(21,22)3/h7,13-15,19-20,22-23H,4-6,8-12,16H2,1-3H3. The van der Waals surface area contributed by atoms with Crippen molar-refractivity contribution >= 4 is 11.5 Å². The molecular formula is C26H35NO2. The molecule has 2 heterocycles. The highest BCUT2D eigenvalue weighted by atomic mass is 16.5. The molecule has 0 radical (unpaired) electrons. The van der Waals surface area contributed by atoms with E-state index in [1.165, 1.54) is 43.2 Å². The van der Waals surface area contributed by atoms with Gasteiger partial charge in [-0.25, -0.2) is 0 Å². The molecule has 1 aliphatic heterocycles. The van der Waals surface area contributed by atoms with Crippen LogP contribution in [0.5, 0.6) is 0 Å². The molecule has 3 aliphatic carbocycles. The zero-order valence-electron chi connectivity index (χ0n) is 18.2. The third kappa shape index (κ3) is 2.91. The highest BCUT2D eigenvalue weighted by Gasteiger charge is 2.58. The van der Waals surface area contributed by atoms with Crippen molar-refractivity contribution in [3.63, 3.8) is 0 Å². The fourth-order valence-electron chi connectivity index (χ4n) is 7.68. The number of nitrogens with zero attached hydrogens (tertiary/aromatic N) is 1. The molecule has 0 amide bonds. The van der Waals surface area contributed by atoms with Crippen LogP contribution in [0.15, 0.2) is 24.5 Å². The molecule has 6 atom stereocenters. The first-order valence-electron chi connectivity index (χ1n) is 11.8. The lowest BCUT2D eigenvalue weighted by atomic mass is 9.46. The number of allylic oxidation sites excluding steroid dienone is 2. The van der Waals surface area contributed by atoms with Gasteiger partial charge in [-0.3, -0.25) is 9.78 Å². The summed E-state index contributed by atoms with van der Waals surface area (Å²) in [4.78, 5) is 16.5. The number of carbonyl (C=O) groups excluding carboxylic acids is 1. The maximum Gasteiger partial charge on any atom is 0.305 e. The van der Waals surface area contributed by atoms with Crippen LogP contribution in [0, 0.1) is 34.5 Å².